The molecule has 0 fully saturated rings. The number of rotatable bonds is 3. The molecule has 0 aliphatic rings. The Labute approximate surface area is 176 Å². The van der Waals surface area contributed by atoms with Crippen molar-refractivity contribution >= 4 is 43.1 Å². The van der Waals surface area contributed by atoms with Crippen LogP contribution < -0.4 is 5.56 Å². The number of para-hydroxylation sites is 1. The van der Waals surface area contributed by atoms with Gasteiger partial charge in [-0.25, -0.2) is 9.97 Å². The Kier molecular flexibility index (Phi) is 4.44. The Morgan fingerprint density at radius 3 is 2.37 bits per heavy atom. The van der Waals surface area contributed by atoms with E-state index < -0.39 is 0 Å². The average Bonchev–Trinajstić information content (AvgIpc) is 3.14. The first kappa shape index (κ1) is 18.3. The van der Waals surface area contributed by atoms with Gasteiger partial charge in [0.15, 0.2) is 0 Å². The standard InChI is InChI=1S/C23H17N5OS/c1-14-18-20-21(23(29)28(13-24-20)17-11-7-4-8-12-17)30-22(18)25-15(2)19(14)27-26-16-9-5-3-6-10-16/h3-13H,1-2H3. The predicted octanol–water partition coefficient (Wildman–Crippen LogP) is 6.03. The summed E-state index contributed by atoms with van der Waals surface area (Å²) in [6.07, 6.45) is 1.58. The summed E-state index contributed by atoms with van der Waals surface area (Å²) in [7, 11) is 0. The summed E-state index contributed by atoms with van der Waals surface area (Å²) in [5, 5.41) is 9.66. The Bertz CT molecular complexity index is 1470. The van der Waals surface area contributed by atoms with Crippen LogP contribution in [0.2, 0.25) is 0 Å². The molecule has 0 N–H and O–H groups in total. The Balaban J connectivity index is 1.71. The van der Waals surface area contributed by atoms with E-state index in [-0.39, 0.29) is 5.56 Å². The van der Waals surface area contributed by atoms with Gasteiger partial charge in [0.05, 0.1) is 22.6 Å². The minimum Gasteiger partial charge on any atom is -0.267 e. The number of hydrogen-bond acceptors (Lipinski definition) is 6. The summed E-state index contributed by atoms with van der Waals surface area (Å²) < 4.78 is 2.15. The molecule has 2 aromatic carbocycles. The van der Waals surface area contributed by atoms with Crippen LogP contribution in [0.15, 0.2) is 82.0 Å². The van der Waals surface area contributed by atoms with Crippen molar-refractivity contribution in [2.45, 2.75) is 13.8 Å². The molecule has 0 bridgehead atoms. The molecule has 146 valence electrons. The summed E-state index contributed by atoms with van der Waals surface area (Å²) in [4.78, 5) is 23.3. The Hall–Kier alpha value is -3.71. The van der Waals surface area contributed by atoms with Gasteiger partial charge in [-0.1, -0.05) is 36.4 Å². The largest absolute Gasteiger partial charge is 0.275 e. The molecule has 0 amide bonds. The van der Waals surface area contributed by atoms with Crippen molar-refractivity contribution < 1.29 is 0 Å². The second-order valence-electron chi connectivity index (χ2n) is 6.92. The molecule has 0 saturated heterocycles. The molecule has 6 nitrogen and oxygen atoms in total. The van der Waals surface area contributed by atoms with Crippen molar-refractivity contribution in [3.05, 3.63) is 88.6 Å². The van der Waals surface area contributed by atoms with Gasteiger partial charge in [0.25, 0.3) is 5.56 Å². The van der Waals surface area contributed by atoms with Gasteiger partial charge in [-0.2, -0.15) is 5.11 Å². The van der Waals surface area contributed by atoms with E-state index in [0.717, 1.165) is 32.8 Å². The van der Waals surface area contributed by atoms with Gasteiger partial charge in [0.1, 0.15) is 21.5 Å². The number of hydrogen-bond donors (Lipinski definition) is 0. The number of benzene rings is 2. The number of azo groups is 1. The minimum absolute atomic E-state index is 0.0984. The fourth-order valence-electron chi connectivity index (χ4n) is 3.49. The third-order valence-electron chi connectivity index (χ3n) is 4.98. The summed E-state index contributed by atoms with van der Waals surface area (Å²) in [5.74, 6) is 0. The van der Waals surface area contributed by atoms with Crippen molar-refractivity contribution in [3.63, 3.8) is 0 Å². The van der Waals surface area contributed by atoms with Crippen molar-refractivity contribution in [2.24, 2.45) is 10.2 Å². The van der Waals surface area contributed by atoms with Crippen LogP contribution >= 0.6 is 11.3 Å². The van der Waals surface area contributed by atoms with E-state index in [1.54, 1.807) is 10.9 Å². The molecular weight excluding hydrogens is 394 g/mol. The molecule has 0 radical (unpaired) electrons. The molecule has 5 rings (SSSR count). The van der Waals surface area contributed by atoms with Crippen molar-refractivity contribution in [1.82, 2.24) is 14.5 Å². The van der Waals surface area contributed by atoms with Gasteiger partial charge in [-0.3, -0.25) is 9.36 Å². The van der Waals surface area contributed by atoms with Crippen LogP contribution in [0.3, 0.4) is 0 Å². The number of fused-ring (bicyclic) bond motifs is 3. The highest BCUT2D eigenvalue weighted by atomic mass is 32.1. The third-order valence-corrected chi connectivity index (χ3v) is 6.04. The molecule has 7 heteroatoms. The SMILES string of the molecule is Cc1nc2sc3c(=O)n(-c4ccccc4)cnc3c2c(C)c1N=Nc1ccccc1. The highest BCUT2D eigenvalue weighted by Gasteiger charge is 2.18. The minimum atomic E-state index is -0.0984. The number of nitrogens with zero attached hydrogens (tertiary/aromatic N) is 5. The lowest BCUT2D eigenvalue weighted by Crippen LogP contribution is -2.17. The van der Waals surface area contributed by atoms with E-state index in [2.05, 4.69) is 15.2 Å². The zero-order chi connectivity index (χ0) is 20.7. The average molecular weight is 411 g/mol. The number of aryl methyl sites for hydroxylation is 2. The lowest BCUT2D eigenvalue weighted by Gasteiger charge is -2.06. The smallest absolute Gasteiger partial charge is 0.267 e. The highest BCUT2D eigenvalue weighted by Crippen LogP contribution is 2.37. The van der Waals surface area contributed by atoms with Crippen molar-refractivity contribution in [1.29, 1.82) is 0 Å². The van der Waals surface area contributed by atoms with E-state index in [1.165, 1.54) is 11.3 Å². The molecule has 0 aliphatic carbocycles. The van der Waals surface area contributed by atoms with E-state index >= 15 is 0 Å². The molecule has 0 unspecified atom stereocenters. The maximum atomic E-state index is 13.2. The van der Waals surface area contributed by atoms with Gasteiger partial charge in [0.2, 0.25) is 0 Å². The zero-order valence-electron chi connectivity index (χ0n) is 16.4. The molecule has 0 saturated carbocycles. The molecule has 5 aromatic rings. The highest BCUT2D eigenvalue weighted by molar-refractivity contribution is 7.25. The van der Waals surface area contributed by atoms with Crippen LogP contribution in [0, 0.1) is 13.8 Å². The first-order valence-electron chi connectivity index (χ1n) is 9.47. The monoisotopic (exact) mass is 411 g/mol. The number of thiophene rings is 1. The molecular formula is C23H17N5OS. The molecule has 3 heterocycles. The fraction of sp³-hybridized carbons (Fsp3) is 0.0870. The van der Waals surface area contributed by atoms with Gasteiger partial charge < -0.3 is 0 Å². The third kappa shape index (κ3) is 3.00. The summed E-state index contributed by atoms with van der Waals surface area (Å²) in [6.45, 7) is 3.89. The fourth-order valence-corrected chi connectivity index (χ4v) is 4.66. The van der Waals surface area contributed by atoms with Crippen LogP contribution in [0.25, 0.3) is 26.1 Å². The van der Waals surface area contributed by atoms with Crippen LogP contribution in [-0.4, -0.2) is 14.5 Å². The maximum Gasteiger partial charge on any atom is 0.275 e. The quantitative estimate of drug-likeness (QED) is 0.340. The first-order chi connectivity index (χ1) is 14.6. The maximum absolute atomic E-state index is 13.2. The molecule has 0 atom stereocenters. The molecule has 0 spiro atoms. The van der Waals surface area contributed by atoms with E-state index in [9.17, 15) is 4.79 Å². The van der Waals surface area contributed by atoms with E-state index in [1.807, 2.05) is 74.5 Å². The van der Waals surface area contributed by atoms with Gasteiger partial charge in [0, 0.05) is 5.39 Å². The summed E-state index contributed by atoms with van der Waals surface area (Å²) in [6, 6.07) is 19.1. The predicted molar refractivity (Wildman–Crippen MR) is 121 cm³/mol. The molecule has 0 aliphatic heterocycles. The van der Waals surface area contributed by atoms with Gasteiger partial charge in [-0.15, -0.1) is 16.5 Å². The second-order valence-corrected chi connectivity index (χ2v) is 7.92. The second kappa shape index (κ2) is 7.27. The molecule has 3 aromatic heterocycles. The van der Waals surface area contributed by atoms with Crippen molar-refractivity contribution in [3.8, 4) is 5.69 Å². The summed E-state index contributed by atoms with van der Waals surface area (Å²) in [5.41, 5.74) is 4.53. The van der Waals surface area contributed by atoms with Crippen LogP contribution in [0.4, 0.5) is 11.4 Å². The number of pyridine rings is 1. The van der Waals surface area contributed by atoms with Gasteiger partial charge in [-0.05, 0) is 43.7 Å². The lowest BCUT2D eigenvalue weighted by molar-refractivity contribution is 0.967. The van der Waals surface area contributed by atoms with Crippen LogP contribution in [0.1, 0.15) is 11.3 Å². The summed E-state index contributed by atoms with van der Waals surface area (Å²) >= 11 is 1.37. The number of aromatic nitrogens is 3. The Morgan fingerprint density at radius 2 is 1.63 bits per heavy atom. The first-order valence-corrected chi connectivity index (χ1v) is 10.3. The zero-order valence-corrected chi connectivity index (χ0v) is 17.2. The van der Waals surface area contributed by atoms with Crippen LogP contribution in [0.5, 0.6) is 0 Å². The molecule has 30 heavy (non-hydrogen) atoms. The Morgan fingerprint density at radius 1 is 0.933 bits per heavy atom. The topological polar surface area (TPSA) is 72.5 Å². The van der Waals surface area contributed by atoms with Crippen molar-refractivity contribution in [2.75, 3.05) is 0 Å². The lowest BCUT2D eigenvalue weighted by atomic mass is 10.1. The van der Waals surface area contributed by atoms with Crippen LogP contribution in [-0.2, 0) is 0 Å². The normalized spacial score (nSPS) is 11.7. The van der Waals surface area contributed by atoms with Gasteiger partial charge >= 0.3 is 0 Å². The van der Waals surface area contributed by atoms with E-state index in [0.29, 0.717) is 15.9 Å². The van der Waals surface area contributed by atoms with E-state index in [4.69, 9.17) is 4.98 Å².